The van der Waals surface area contributed by atoms with Crippen LogP contribution < -0.4 is 10.6 Å². The Bertz CT molecular complexity index is 923. The number of aromatic nitrogens is 1. The molecule has 6 nitrogen and oxygen atoms in total. The molecule has 3 rings (SSSR count). The topological polar surface area (TPSA) is 84.2 Å². The summed E-state index contributed by atoms with van der Waals surface area (Å²) in [4.78, 5) is 28.2. The Kier molecular flexibility index (Phi) is 4.74. The van der Waals surface area contributed by atoms with Crippen LogP contribution >= 0.6 is 0 Å². The molecule has 0 aliphatic carbocycles. The van der Waals surface area contributed by atoms with Crippen molar-refractivity contribution in [1.82, 2.24) is 15.6 Å². The number of furan rings is 1. The summed E-state index contributed by atoms with van der Waals surface area (Å²) in [6.07, 6.45) is 1.41. The number of carbonyl (C=O) groups is 2. The van der Waals surface area contributed by atoms with Crippen LogP contribution in [0, 0.1) is 12.7 Å². The first-order valence-electron chi connectivity index (χ1n) is 7.71. The number of hydrogen-bond donors (Lipinski definition) is 2. The Balaban J connectivity index is 1.59. The van der Waals surface area contributed by atoms with Crippen molar-refractivity contribution in [2.24, 2.45) is 0 Å². The summed E-state index contributed by atoms with van der Waals surface area (Å²) in [6.45, 7) is 2.21. The predicted molar refractivity (Wildman–Crippen MR) is 89.8 cm³/mol. The predicted octanol–water partition coefficient (Wildman–Crippen LogP) is 2.44. The Morgan fingerprint density at radius 2 is 1.88 bits per heavy atom. The lowest BCUT2D eigenvalue weighted by molar-refractivity contribution is 0.0910. The van der Waals surface area contributed by atoms with Gasteiger partial charge in [0.2, 0.25) is 0 Å². The van der Waals surface area contributed by atoms with Gasteiger partial charge in [0.1, 0.15) is 5.82 Å². The molecule has 0 aliphatic heterocycles. The van der Waals surface area contributed by atoms with Crippen molar-refractivity contribution < 1.29 is 18.4 Å². The number of aryl methyl sites for hydroxylation is 1. The lowest BCUT2D eigenvalue weighted by atomic mass is 10.1. The van der Waals surface area contributed by atoms with Crippen LogP contribution in [0.5, 0.6) is 0 Å². The van der Waals surface area contributed by atoms with Crippen LogP contribution in [0.1, 0.15) is 26.6 Å². The van der Waals surface area contributed by atoms with E-state index in [-0.39, 0.29) is 36.5 Å². The Morgan fingerprint density at radius 3 is 2.60 bits per heavy atom. The van der Waals surface area contributed by atoms with Gasteiger partial charge < -0.3 is 15.1 Å². The van der Waals surface area contributed by atoms with Crippen molar-refractivity contribution in [2.75, 3.05) is 13.1 Å². The number of nitrogens with zero attached hydrogens (tertiary/aromatic N) is 1. The van der Waals surface area contributed by atoms with E-state index in [1.165, 1.54) is 18.4 Å². The third kappa shape index (κ3) is 3.82. The first-order valence-corrected chi connectivity index (χ1v) is 7.71. The number of amides is 2. The van der Waals surface area contributed by atoms with Crippen LogP contribution in [0.4, 0.5) is 4.39 Å². The third-order valence-corrected chi connectivity index (χ3v) is 3.66. The molecule has 7 heteroatoms. The number of halogens is 1. The summed E-state index contributed by atoms with van der Waals surface area (Å²) in [5.74, 6) is -0.801. The summed E-state index contributed by atoms with van der Waals surface area (Å²) in [7, 11) is 0. The summed E-state index contributed by atoms with van der Waals surface area (Å²) < 4.78 is 18.2. The lowest BCUT2D eigenvalue weighted by Gasteiger charge is -2.09. The molecular formula is C18H16FN3O3. The Hall–Kier alpha value is -3.22. The van der Waals surface area contributed by atoms with Gasteiger partial charge in [-0.2, -0.15) is 0 Å². The van der Waals surface area contributed by atoms with Crippen LogP contribution in [-0.4, -0.2) is 29.9 Å². The minimum absolute atomic E-state index is 0.216. The maximum absolute atomic E-state index is 13.2. The molecular weight excluding hydrogens is 325 g/mol. The molecule has 0 spiro atoms. The molecule has 0 atom stereocenters. The van der Waals surface area contributed by atoms with E-state index < -0.39 is 0 Å². The molecule has 2 heterocycles. The van der Waals surface area contributed by atoms with Crippen molar-refractivity contribution in [3.05, 3.63) is 65.5 Å². The molecule has 0 bridgehead atoms. The number of carbonyl (C=O) groups excluding carboxylic acids is 2. The third-order valence-electron chi connectivity index (χ3n) is 3.66. The maximum atomic E-state index is 13.2. The first kappa shape index (κ1) is 16.6. The van der Waals surface area contributed by atoms with Crippen LogP contribution in [0.2, 0.25) is 0 Å². The Labute approximate surface area is 143 Å². The van der Waals surface area contributed by atoms with Crippen LogP contribution in [0.15, 0.2) is 47.1 Å². The van der Waals surface area contributed by atoms with Gasteiger partial charge in [-0.15, -0.1) is 0 Å². The highest BCUT2D eigenvalue weighted by atomic mass is 19.1. The fourth-order valence-corrected chi connectivity index (χ4v) is 2.41. The van der Waals surface area contributed by atoms with E-state index in [1.807, 2.05) is 0 Å². The zero-order valence-corrected chi connectivity index (χ0v) is 13.5. The van der Waals surface area contributed by atoms with Crippen LogP contribution in [0.3, 0.4) is 0 Å². The normalized spacial score (nSPS) is 10.6. The molecule has 0 fully saturated rings. The number of fused-ring (bicyclic) bond motifs is 1. The van der Waals surface area contributed by atoms with Gasteiger partial charge in [0.25, 0.3) is 11.8 Å². The van der Waals surface area contributed by atoms with Gasteiger partial charge in [-0.1, -0.05) is 0 Å². The second-order valence-corrected chi connectivity index (χ2v) is 5.45. The van der Waals surface area contributed by atoms with Gasteiger partial charge in [-0.25, -0.2) is 4.39 Å². The van der Waals surface area contributed by atoms with Crippen LogP contribution in [-0.2, 0) is 0 Å². The number of nitrogens with one attached hydrogen (secondary N) is 2. The van der Waals surface area contributed by atoms with E-state index in [1.54, 1.807) is 31.2 Å². The number of pyridine rings is 1. The van der Waals surface area contributed by atoms with Crippen molar-refractivity contribution >= 4 is 22.7 Å². The van der Waals surface area contributed by atoms with E-state index in [0.29, 0.717) is 22.2 Å². The first-order chi connectivity index (χ1) is 12.0. The standard InChI is InChI=1S/C18H16FN3O3/c1-11-14(9-12-4-5-13(19)10-15(12)22-11)17(23)20-6-7-21-18(24)16-3-2-8-25-16/h2-5,8-10H,6-7H2,1H3,(H,20,23)(H,21,24). The van der Waals surface area contributed by atoms with E-state index in [9.17, 15) is 14.0 Å². The summed E-state index contributed by atoms with van der Waals surface area (Å²) in [6, 6.07) is 9.09. The second-order valence-electron chi connectivity index (χ2n) is 5.45. The lowest BCUT2D eigenvalue weighted by Crippen LogP contribution is -2.34. The van der Waals surface area contributed by atoms with Crippen molar-refractivity contribution in [3.63, 3.8) is 0 Å². The van der Waals surface area contributed by atoms with Crippen molar-refractivity contribution in [3.8, 4) is 0 Å². The smallest absolute Gasteiger partial charge is 0.287 e. The van der Waals surface area contributed by atoms with Gasteiger partial charge in [0.15, 0.2) is 5.76 Å². The average Bonchev–Trinajstić information content (AvgIpc) is 3.12. The largest absolute Gasteiger partial charge is 0.459 e. The monoisotopic (exact) mass is 341 g/mol. The molecule has 25 heavy (non-hydrogen) atoms. The minimum Gasteiger partial charge on any atom is -0.459 e. The quantitative estimate of drug-likeness (QED) is 0.698. The van der Waals surface area contributed by atoms with Crippen molar-refractivity contribution in [2.45, 2.75) is 6.92 Å². The maximum Gasteiger partial charge on any atom is 0.287 e. The summed E-state index contributed by atoms with van der Waals surface area (Å²) in [5, 5.41) is 6.04. The molecule has 0 aliphatic rings. The number of rotatable bonds is 5. The molecule has 1 aromatic carbocycles. The highest BCUT2D eigenvalue weighted by Gasteiger charge is 2.12. The molecule has 128 valence electrons. The Morgan fingerprint density at radius 1 is 1.12 bits per heavy atom. The molecule has 0 saturated heterocycles. The number of hydrogen-bond acceptors (Lipinski definition) is 4. The molecule has 3 aromatic rings. The minimum atomic E-state index is -0.371. The average molecular weight is 341 g/mol. The number of benzene rings is 1. The molecule has 0 radical (unpaired) electrons. The zero-order valence-electron chi connectivity index (χ0n) is 13.5. The summed E-state index contributed by atoms with van der Waals surface area (Å²) >= 11 is 0. The summed E-state index contributed by atoms with van der Waals surface area (Å²) in [5.41, 5.74) is 1.42. The van der Waals surface area contributed by atoms with E-state index >= 15 is 0 Å². The van der Waals surface area contributed by atoms with E-state index in [2.05, 4.69) is 15.6 Å². The van der Waals surface area contributed by atoms with Gasteiger partial charge in [0.05, 0.1) is 23.0 Å². The molecule has 0 saturated carbocycles. The van der Waals surface area contributed by atoms with E-state index in [4.69, 9.17) is 4.42 Å². The fourth-order valence-electron chi connectivity index (χ4n) is 2.41. The molecule has 2 N–H and O–H groups in total. The fraction of sp³-hybridized carbons (Fsp3) is 0.167. The van der Waals surface area contributed by atoms with Gasteiger partial charge in [-0.3, -0.25) is 14.6 Å². The molecule has 0 unspecified atom stereocenters. The van der Waals surface area contributed by atoms with Crippen LogP contribution in [0.25, 0.3) is 10.9 Å². The SMILES string of the molecule is Cc1nc2cc(F)ccc2cc1C(=O)NCCNC(=O)c1ccco1. The van der Waals surface area contributed by atoms with Gasteiger partial charge >= 0.3 is 0 Å². The molecule has 2 amide bonds. The van der Waals surface area contributed by atoms with Crippen molar-refractivity contribution in [1.29, 1.82) is 0 Å². The highest BCUT2D eigenvalue weighted by molar-refractivity contribution is 5.98. The highest BCUT2D eigenvalue weighted by Crippen LogP contribution is 2.17. The molecule has 2 aromatic heterocycles. The van der Waals surface area contributed by atoms with E-state index in [0.717, 1.165) is 0 Å². The second kappa shape index (κ2) is 7.12. The van der Waals surface area contributed by atoms with Gasteiger partial charge in [-0.05, 0) is 37.3 Å². The van der Waals surface area contributed by atoms with Gasteiger partial charge in [0, 0.05) is 24.5 Å². The zero-order chi connectivity index (χ0) is 17.8.